The van der Waals surface area contributed by atoms with Crippen molar-refractivity contribution in [1.29, 1.82) is 0 Å². The summed E-state index contributed by atoms with van der Waals surface area (Å²) in [6, 6.07) is 9.89. The first kappa shape index (κ1) is 16.7. The van der Waals surface area contributed by atoms with Crippen molar-refractivity contribution >= 4 is 43.5 Å². The Kier molecular flexibility index (Phi) is 5.58. The number of alkyl halides is 1. The lowest BCUT2D eigenvalue weighted by Gasteiger charge is -2.18. The molecule has 0 heterocycles. The van der Waals surface area contributed by atoms with Crippen LogP contribution in [-0.2, 0) is 0 Å². The maximum atomic E-state index is 6.09. The summed E-state index contributed by atoms with van der Waals surface area (Å²) in [5.41, 5.74) is 3.18. The Hall–Kier alpha value is -0.710. The third kappa shape index (κ3) is 3.38. The van der Waals surface area contributed by atoms with Crippen LogP contribution in [0.2, 0.25) is 5.02 Å². The molecule has 0 fully saturated rings. The van der Waals surface area contributed by atoms with Gasteiger partial charge in [-0.1, -0.05) is 45.7 Å². The molecule has 0 bridgehead atoms. The van der Waals surface area contributed by atoms with E-state index in [4.69, 9.17) is 21.1 Å². The smallest absolute Gasteiger partial charge is 0.141 e. The zero-order valence-electron chi connectivity index (χ0n) is 11.9. The summed E-state index contributed by atoms with van der Waals surface area (Å²) < 4.78 is 11.6. The molecule has 0 N–H and O–H groups in total. The van der Waals surface area contributed by atoms with Crippen molar-refractivity contribution in [2.75, 3.05) is 14.2 Å². The maximum absolute atomic E-state index is 6.09. The van der Waals surface area contributed by atoms with Crippen molar-refractivity contribution in [2.45, 2.75) is 11.8 Å². The van der Waals surface area contributed by atoms with Crippen molar-refractivity contribution in [2.24, 2.45) is 0 Å². The molecule has 0 aliphatic rings. The molecule has 1 atom stereocenters. The molecule has 2 nitrogen and oxygen atoms in total. The van der Waals surface area contributed by atoms with Gasteiger partial charge < -0.3 is 9.47 Å². The predicted octanol–water partition coefficient (Wildman–Crippen LogP) is 5.91. The fraction of sp³-hybridized carbons (Fsp3) is 0.250. The quantitative estimate of drug-likeness (QED) is 0.557. The molecule has 1 unspecified atom stereocenters. The lowest BCUT2D eigenvalue weighted by atomic mass is 10.0. The van der Waals surface area contributed by atoms with Gasteiger partial charge in [-0.2, -0.15) is 0 Å². The summed E-state index contributed by atoms with van der Waals surface area (Å²) in [4.78, 5) is 0.00521. The van der Waals surface area contributed by atoms with Gasteiger partial charge in [-0.05, 0) is 46.1 Å². The number of halogens is 3. The van der Waals surface area contributed by atoms with Gasteiger partial charge in [0.2, 0.25) is 0 Å². The largest absolute Gasteiger partial charge is 0.495 e. The van der Waals surface area contributed by atoms with Crippen LogP contribution in [0.15, 0.2) is 34.8 Å². The average molecular weight is 435 g/mol. The molecule has 2 aromatic carbocycles. The zero-order chi connectivity index (χ0) is 15.6. The number of hydrogen-bond acceptors (Lipinski definition) is 2. The van der Waals surface area contributed by atoms with Crippen LogP contribution in [0.3, 0.4) is 0 Å². The lowest BCUT2D eigenvalue weighted by molar-refractivity contribution is 0.386. The Bertz CT molecular complexity index is 659. The van der Waals surface area contributed by atoms with E-state index in [-0.39, 0.29) is 4.83 Å². The molecule has 112 valence electrons. The highest BCUT2D eigenvalue weighted by atomic mass is 79.9. The van der Waals surface area contributed by atoms with Crippen molar-refractivity contribution < 1.29 is 9.47 Å². The van der Waals surface area contributed by atoms with Crippen LogP contribution >= 0.6 is 43.5 Å². The van der Waals surface area contributed by atoms with Crippen LogP contribution in [0.1, 0.15) is 21.5 Å². The topological polar surface area (TPSA) is 18.5 Å². The van der Waals surface area contributed by atoms with Gasteiger partial charge in [-0.3, -0.25) is 0 Å². The number of aryl methyl sites for hydroxylation is 1. The predicted molar refractivity (Wildman–Crippen MR) is 94.2 cm³/mol. The highest BCUT2D eigenvalue weighted by molar-refractivity contribution is 9.10. The Morgan fingerprint density at radius 2 is 1.81 bits per heavy atom. The van der Waals surface area contributed by atoms with Crippen molar-refractivity contribution in [3.05, 3.63) is 56.5 Å². The zero-order valence-corrected chi connectivity index (χ0v) is 15.8. The standard InChI is InChI=1S/C16H15Br2ClO2/c1-9-8-10(4-6-12(9)19)14(17)11-5-7-13(20-2)15(18)16(11)21-3/h4-8,14H,1-3H3. The number of ether oxygens (including phenoxy) is 2. The molecule has 0 amide bonds. The molecule has 5 heteroatoms. The van der Waals surface area contributed by atoms with E-state index in [0.29, 0.717) is 0 Å². The van der Waals surface area contributed by atoms with Gasteiger partial charge >= 0.3 is 0 Å². The molecule has 0 saturated carbocycles. The fourth-order valence-corrected chi connectivity index (χ4v) is 3.57. The third-order valence-electron chi connectivity index (χ3n) is 3.26. The van der Waals surface area contributed by atoms with Crippen LogP contribution in [-0.4, -0.2) is 14.2 Å². The summed E-state index contributed by atoms with van der Waals surface area (Å²) >= 11 is 13.4. The second kappa shape index (κ2) is 7.03. The third-order valence-corrected chi connectivity index (χ3v) is 5.46. The van der Waals surface area contributed by atoms with Crippen molar-refractivity contribution in [1.82, 2.24) is 0 Å². The average Bonchev–Trinajstić information content (AvgIpc) is 2.49. The van der Waals surface area contributed by atoms with Crippen molar-refractivity contribution in [3.63, 3.8) is 0 Å². The normalized spacial score (nSPS) is 12.1. The highest BCUT2D eigenvalue weighted by Crippen LogP contribution is 2.44. The van der Waals surface area contributed by atoms with Crippen LogP contribution in [0, 0.1) is 6.92 Å². The molecule has 0 spiro atoms. The lowest BCUT2D eigenvalue weighted by Crippen LogP contribution is -2.00. The molecule has 0 radical (unpaired) electrons. The fourth-order valence-electron chi connectivity index (χ4n) is 2.12. The van der Waals surface area contributed by atoms with E-state index in [2.05, 4.69) is 37.9 Å². The van der Waals surface area contributed by atoms with Crippen LogP contribution in [0.4, 0.5) is 0 Å². The first-order chi connectivity index (χ1) is 9.99. The minimum atomic E-state index is 0.00521. The minimum Gasteiger partial charge on any atom is -0.495 e. The van der Waals surface area contributed by atoms with Gasteiger partial charge in [0.1, 0.15) is 16.0 Å². The molecule has 0 aliphatic carbocycles. The van der Waals surface area contributed by atoms with Gasteiger partial charge in [0.05, 0.1) is 19.0 Å². The summed E-state index contributed by atoms with van der Waals surface area (Å²) in [7, 11) is 3.28. The van der Waals surface area contributed by atoms with E-state index < -0.39 is 0 Å². The van der Waals surface area contributed by atoms with E-state index in [0.717, 1.165) is 37.7 Å². The number of benzene rings is 2. The SMILES string of the molecule is COc1ccc(C(Br)c2ccc(Cl)c(C)c2)c(OC)c1Br. The molecule has 2 rings (SSSR count). The molecular weight excluding hydrogens is 419 g/mol. The minimum absolute atomic E-state index is 0.00521. The van der Waals surface area contributed by atoms with Crippen LogP contribution in [0.5, 0.6) is 11.5 Å². The number of methoxy groups -OCH3 is 2. The van der Waals surface area contributed by atoms with E-state index in [1.807, 2.05) is 31.2 Å². The van der Waals surface area contributed by atoms with E-state index in [9.17, 15) is 0 Å². The molecule has 0 aromatic heterocycles. The van der Waals surface area contributed by atoms with Crippen LogP contribution in [0.25, 0.3) is 0 Å². The van der Waals surface area contributed by atoms with Gasteiger partial charge in [0.15, 0.2) is 0 Å². The Morgan fingerprint density at radius 1 is 1.10 bits per heavy atom. The second-order valence-electron chi connectivity index (χ2n) is 4.58. The van der Waals surface area contributed by atoms with Crippen molar-refractivity contribution in [3.8, 4) is 11.5 Å². The Morgan fingerprint density at radius 3 is 2.38 bits per heavy atom. The van der Waals surface area contributed by atoms with Gasteiger partial charge in [0.25, 0.3) is 0 Å². The molecule has 0 saturated heterocycles. The highest BCUT2D eigenvalue weighted by Gasteiger charge is 2.20. The number of rotatable bonds is 4. The van der Waals surface area contributed by atoms with E-state index in [1.165, 1.54) is 0 Å². The first-order valence-electron chi connectivity index (χ1n) is 6.30. The van der Waals surface area contributed by atoms with Gasteiger partial charge in [0, 0.05) is 10.6 Å². The van der Waals surface area contributed by atoms with Gasteiger partial charge in [-0.25, -0.2) is 0 Å². The molecule has 2 aromatic rings. The molecular formula is C16H15Br2ClO2. The monoisotopic (exact) mass is 432 g/mol. The molecule has 21 heavy (non-hydrogen) atoms. The summed E-state index contributed by atoms with van der Waals surface area (Å²) in [6.07, 6.45) is 0. The Balaban J connectivity index is 2.50. The maximum Gasteiger partial charge on any atom is 0.141 e. The van der Waals surface area contributed by atoms with Crippen LogP contribution < -0.4 is 9.47 Å². The molecule has 0 aliphatic heterocycles. The van der Waals surface area contributed by atoms with E-state index >= 15 is 0 Å². The Labute approximate surface area is 146 Å². The van der Waals surface area contributed by atoms with Gasteiger partial charge in [-0.15, -0.1) is 0 Å². The second-order valence-corrected chi connectivity index (χ2v) is 6.69. The summed E-state index contributed by atoms with van der Waals surface area (Å²) in [5.74, 6) is 1.49. The summed E-state index contributed by atoms with van der Waals surface area (Å²) in [5, 5.41) is 0.765. The number of hydrogen-bond donors (Lipinski definition) is 0. The van der Waals surface area contributed by atoms with E-state index in [1.54, 1.807) is 14.2 Å². The summed E-state index contributed by atoms with van der Waals surface area (Å²) in [6.45, 7) is 1.99. The first-order valence-corrected chi connectivity index (χ1v) is 8.38.